The highest BCUT2D eigenvalue weighted by Gasteiger charge is 2.20. The van der Waals surface area contributed by atoms with Gasteiger partial charge in [0, 0.05) is 28.3 Å². The van der Waals surface area contributed by atoms with Gasteiger partial charge in [-0.05, 0) is 55.5 Å². The number of halogens is 1. The molecule has 5 heteroatoms. The fourth-order valence-corrected chi connectivity index (χ4v) is 3.84. The van der Waals surface area contributed by atoms with Crippen molar-refractivity contribution in [3.63, 3.8) is 0 Å². The maximum Gasteiger partial charge on any atom is 0.251 e. The van der Waals surface area contributed by atoms with Gasteiger partial charge in [-0.2, -0.15) is 0 Å². The number of nitrogens with two attached hydrogens (primary N) is 1. The van der Waals surface area contributed by atoms with Gasteiger partial charge >= 0.3 is 0 Å². The van der Waals surface area contributed by atoms with Crippen LogP contribution in [0.25, 0.3) is 0 Å². The van der Waals surface area contributed by atoms with Crippen molar-refractivity contribution in [1.82, 2.24) is 5.32 Å². The van der Waals surface area contributed by atoms with Crippen molar-refractivity contribution in [2.75, 3.05) is 0 Å². The van der Waals surface area contributed by atoms with Gasteiger partial charge in [-0.15, -0.1) is 24.2 Å². The Kier molecular flexibility index (Phi) is 7.82. The number of carbonyl (C=O) groups excluding carboxylic acids is 1. The van der Waals surface area contributed by atoms with E-state index in [0.29, 0.717) is 6.04 Å². The SMILES string of the molecule is Cl.NC1CCC(NC(=O)c2ccc(CSc3ccccc3)cc2)CC1. The molecule has 0 bridgehead atoms. The Morgan fingerprint density at radius 2 is 1.64 bits per heavy atom. The molecule has 1 amide bonds. The quantitative estimate of drug-likeness (QED) is 0.760. The van der Waals surface area contributed by atoms with Crippen molar-refractivity contribution in [2.45, 2.75) is 48.4 Å². The monoisotopic (exact) mass is 376 g/mol. The third kappa shape index (κ3) is 6.07. The Bertz CT molecular complexity index is 655. The maximum absolute atomic E-state index is 12.3. The van der Waals surface area contributed by atoms with Gasteiger partial charge in [-0.3, -0.25) is 4.79 Å². The Morgan fingerprint density at radius 1 is 1.00 bits per heavy atom. The molecule has 0 aromatic heterocycles. The predicted molar refractivity (Wildman–Crippen MR) is 107 cm³/mol. The van der Waals surface area contributed by atoms with Gasteiger partial charge < -0.3 is 11.1 Å². The first-order valence-electron chi connectivity index (χ1n) is 8.54. The first-order valence-corrected chi connectivity index (χ1v) is 9.52. The number of benzene rings is 2. The molecule has 2 aromatic carbocycles. The lowest BCUT2D eigenvalue weighted by molar-refractivity contribution is 0.0926. The average molecular weight is 377 g/mol. The largest absolute Gasteiger partial charge is 0.349 e. The Hall–Kier alpha value is -1.49. The Morgan fingerprint density at radius 3 is 2.28 bits per heavy atom. The van der Waals surface area contributed by atoms with Crippen LogP contribution in [0, 0.1) is 0 Å². The summed E-state index contributed by atoms with van der Waals surface area (Å²) in [5, 5.41) is 3.13. The first-order chi connectivity index (χ1) is 11.7. The average Bonchev–Trinajstić information content (AvgIpc) is 2.63. The summed E-state index contributed by atoms with van der Waals surface area (Å²) in [5.74, 6) is 0.935. The highest BCUT2D eigenvalue weighted by Crippen LogP contribution is 2.22. The van der Waals surface area contributed by atoms with E-state index in [-0.39, 0.29) is 24.4 Å². The highest BCUT2D eigenvalue weighted by molar-refractivity contribution is 7.98. The predicted octanol–water partition coefficient (Wildman–Crippen LogP) is 4.40. The van der Waals surface area contributed by atoms with Crippen molar-refractivity contribution in [3.05, 3.63) is 65.7 Å². The van der Waals surface area contributed by atoms with E-state index in [0.717, 1.165) is 37.0 Å². The van der Waals surface area contributed by atoms with E-state index in [1.807, 2.05) is 42.5 Å². The van der Waals surface area contributed by atoms with Crippen LogP contribution in [0.1, 0.15) is 41.6 Å². The zero-order valence-electron chi connectivity index (χ0n) is 14.2. The summed E-state index contributed by atoms with van der Waals surface area (Å²) in [4.78, 5) is 13.6. The fraction of sp³-hybridized carbons (Fsp3) is 0.350. The molecule has 3 nitrogen and oxygen atoms in total. The van der Waals surface area contributed by atoms with E-state index in [1.165, 1.54) is 10.5 Å². The molecule has 3 rings (SSSR count). The molecule has 1 fully saturated rings. The van der Waals surface area contributed by atoms with Crippen molar-refractivity contribution in [3.8, 4) is 0 Å². The lowest BCUT2D eigenvalue weighted by atomic mass is 9.91. The number of thioether (sulfide) groups is 1. The number of amides is 1. The third-order valence-electron chi connectivity index (χ3n) is 4.47. The van der Waals surface area contributed by atoms with Crippen LogP contribution >= 0.6 is 24.2 Å². The Balaban J connectivity index is 0.00000225. The lowest BCUT2D eigenvalue weighted by Gasteiger charge is -2.26. The second kappa shape index (κ2) is 9.85. The first kappa shape index (κ1) is 19.8. The molecule has 1 aliphatic carbocycles. The smallest absolute Gasteiger partial charge is 0.251 e. The highest BCUT2D eigenvalue weighted by atomic mass is 35.5. The van der Waals surface area contributed by atoms with E-state index in [2.05, 4.69) is 17.4 Å². The molecule has 25 heavy (non-hydrogen) atoms. The molecule has 1 aliphatic rings. The topological polar surface area (TPSA) is 55.1 Å². The summed E-state index contributed by atoms with van der Waals surface area (Å²) in [6.07, 6.45) is 3.97. The van der Waals surface area contributed by atoms with Crippen molar-refractivity contribution >= 4 is 30.1 Å². The van der Waals surface area contributed by atoms with Crippen molar-refractivity contribution < 1.29 is 4.79 Å². The molecule has 1 saturated carbocycles. The minimum atomic E-state index is 0. The van der Waals surface area contributed by atoms with Crippen LogP contribution in [0.3, 0.4) is 0 Å². The van der Waals surface area contributed by atoms with E-state index in [9.17, 15) is 4.79 Å². The zero-order chi connectivity index (χ0) is 16.8. The summed E-state index contributed by atoms with van der Waals surface area (Å²) in [6, 6.07) is 18.9. The third-order valence-corrected chi connectivity index (χ3v) is 5.56. The van der Waals surface area contributed by atoms with E-state index in [4.69, 9.17) is 5.73 Å². The fourth-order valence-electron chi connectivity index (χ4n) is 2.97. The second-order valence-electron chi connectivity index (χ2n) is 6.38. The molecule has 2 aromatic rings. The van der Waals surface area contributed by atoms with Gasteiger partial charge in [-0.25, -0.2) is 0 Å². The molecule has 0 saturated heterocycles. The summed E-state index contributed by atoms with van der Waals surface area (Å²) >= 11 is 1.80. The number of nitrogens with one attached hydrogen (secondary N) is 1. The van der Waals surface area contributed by atoms with Crippen LogP contribution in [0.4, 0.5) is 0 Å². The van der Waals surface area contributed by atoms with Crippen LogP contribution in [0.5, 0.6) is 0 Å². The molecule has 0 spiro atoms. The van der Waals surface area contributed by atoms with Crippen LogP contribution in [0.15, 0.2) is 59.5 Å². The van der Waals surface area contributed by atoms with Gasteiger partial charge in [-0.1, -0.05) is 30.3 Å². The minimum Gasteiger partial charge on any atom is -0.349 e. The van der Waals surface area contributed by atoms with Gasteiger partial charge in [0.15, 0.2) is 0 Å². The van der Waals surface area contributed by atoms with Crippen LogP contribution in [-0.2, 0) is 5.75 Å². The summed E-state index contributed by atoms with van der Waals surface area (Å²) in [7, 11) is 0. The summed E-state index contributed by atoms with van der Waals surface area (Å²) < 4.78 is 0. The maximum atomic E-state index is 12.3. The van der Waals surface area contributed by atoms with Crippen LogP contribution in [0.2, 0.25) is 0 Å². The van der Waals surface area contributed by atoms with Crippen molar-refractivity contribution in [2.24, 2.45) is 5.73 Å². The molecule has 0 unspecified atom stereocenters. The Labute approximate surface area is 160 Å². The molecule has 0 atom stereocenters. The number of hydrogen-bond acceptors (Lipinski definition) is 3. The molecular formula is C20H25ClN2OS. The van der Waals surface area contributed by atoms with E-state index < -0.39 is 0 Å². The zero-order valence-corrected chi connectivity index (χ0v) is 15.8. The summed E-state index contributed by atoms with van der Waals surface area (Å²) in [5.41, 5.74) is 7.87. The molecule has 0 aliphatic heterocycles. The lowest BCUT2D eigenvalue weighted by Crippen LogP contribution is -2.40. The molecule has 134 valence electrons. The molecular weight excluding hydrogens is 352 g/mol. The van der Waals surface area contributed by atoms with E-state index in [1.54, 1.807) is 11.8 Å². The second-order valence-corrected chi connectivity index (χ2v) is 7.43. The van der Waals surface area contributed by atoms with Crippen LogP contribution < -0.4 is 11.1 Å². The number of carbonyl (C=O) groups is 1. The molecule has 0 radical (unpaired) electrons. The van der Waals surface area contributed by atoms with Gasteiger partial charge in [0.2, 0.25) is 0 Å². The summed E-state index contributed by atoms with van der Waals surface area (Å²) in [6.45, 7) is 0. The molecule has 3 N–H and O–H groups in total. The van der Waals surface area contributed by atoms with E-state index >= 15 is 0 Å². The minimum absolute atomic E-state index is 0. The standard InChI is InChI=1S/C20H24N2OS.ClH/c21-17-10-12-18(13-11-17)22-20(23)16-8-6-15(7-9-16)14-24-19-4-2-1-3-5-19;/h1-9,17-18H,10-14,21H2,(H,22,23);1H. The normalized spacial score (nSPS) is 19.7. The van der Waals surface area contributed by atoms with Crippen LogP contribution in [-0.4, -0.2) is 18.0 Å². The van der Waals surface area contributed by atoms with Gasteiger partial charge in [0.1, 0.15) is 0 Å². The van der Waals surface area contributed by atoms with Crippen molar-refractivity contribution in [1.29, 1.82) is 0 Å². The number of rotatable bonds is 5. The van der Waals surface area contributed by atoms with Gasteiger partial charge in [0.05, 0.1) is 0 Å². The van der Waals surface area contributed by atoms with Gasteiger partial charge in [0.25, 0.3) is 5.91 Å². The molecule has 0 heterocycles. The number of hydrogen-bond donors (Lipinski definition) is 2.